The van der Waals surface area contributed by atoms with Gasteiger partial charge in [0, 0.05) is 13.6 Å². The number of rotatable bonds is 6. The number of nitrogens with one attached hydrogen (secondary N) is 1. The summed E-state index contributed by atoms with van der Waals surface area (Å²) in [6.07, 6.45) is 0.716. The lowest BCUT2D eigenvalue weighted by Crippen LogP contribution is -2.40. The minimum absolute atomic E-state index is 0.0418. The van der Waals surface area contributed by atoms with Gasteiger partial charge >= 0.3 is 0 Å². The molecule has 6 nitrogen and oxygen atoms in total. The first-order chi connectivity index (χ1) is 9.54. The van der Waals surface area contributed by atoms with Crippen LogP contribution in [0.5, 0.6) is 11.5 Å². The van der Waals surface area contributed by atoms with E-state index < -0.39 is 5.91 Å². The number of carbonyl (C=O) groups is 2. The zero-order valence-corrected chi connectivity index (χ0v) is 12.0. The van der Waals surface area contributed by atoms with Crippen molar-refractivity contribution in [3.8, 4) is 11.5 Å². The van der Waals surface area contributed by atoms with Crippen LogP contribution < -0.4 is 10.1 Å². The third-order valence-electron chi connectivity index (χ3n) is 2.84. The van der Waals surface area contributed by atoms with E-state index in [0.29, 0.717) is 13.0 Å². The van der Waals surface area contributed by atoms with Gasteiger partial charge in [-0.25, -0.2) is 0 Å². The molecule has 1 aromatic carbocycles. The Labute approximate surface area is 118 Å². The Morgan fingerprint density at radius 3 is 2.65 bits per heavy atom. The summed E-state index contributed by atoms with van der Waals surface area (Å²) >= 11 is 0. The van der Waals surface area contributed by atoms with Crippen LogP contribution in [-0.2, 0) is 4.79 Å². The van der Waals surface area contributed by atoms with E-state index in [-0.39, 0.29) is 29.5 Å². The molecule has 1 aromatic rings. The summed E-state index contributed by atoms with van der Waals surface area (Å²) < 4.78 is 4.98. The second-order valence-electron chi connectivity index (χ2n) is 4.26. The first kappa shape index (κ1) is 15.8. The van der Waals surface area contributed by atoms with Crippen LogP contribution in [0, 0.1) is 0 Å². The van der Waals surface area contributed by atoms with Crippen molar-refractivity contribution in [1.29, 1.82) is 0 Å². The predicted molar refractivity (Wildman–Crippen MR) is 74.9 cm³/mol. The quantitative estimate of drug-likeness (QED) is 0.814. The number of amides is 2. The van der Waals surface area contributed by atoms with Crippen molar-refractivity contribution in [2.45, 2.75) is 13.3 Å². The number of carbonyl (C=O) groups excluding carboxylic acids is 2. The number of hydrogen-bond donors (Lipinski definition) is 2. The summed E-state index contributed by atoms with van der Waals surface area (Å²) in [4.78, 5) is 25.3. The lowest BCUT2D eigenvalue weighted by Gasteiger charge is -2.22. The average molecular weight is 280 g/mol. The number of benzene rings is 1. The topological polar surface area (TPSA) is 78.9 Å². The monoisotopic (exact) mass is 280 g/mol. The molecule has 0 saturated carbocycles. The van der Waals surface area contributed by atoms with Crippen molar-refractivity contribution in [2.75, 3.05) is 27.2 Å². The van der Waals surface area contributed by atoms with Crippen LogP contribution in [0.1, 0.15) is 23.7 Å². The first-order valence-electron chi connectivity index (χ1n) is 6.40. The zero-order valence-electron chi connectivity index (χ0n) is 12.0. The van der Waals surface area contributed by atoms with Crippen molar-refractivity contribution in [3.05, 3.63) is 23.8 Å². The van der Waals surface area contributed by atoms with Gasteiger partial charge in [0.05, 0.1) is 19.2 Å². The molecule has 20 heavy (non-hydrogen) atoms. The van der Waals surface area contributed by atoms with Crippen LogP contribution in [0.15, 0.2) is 18.2 Å². The number of hydrogen-bond acceptors (Lipinski definition) is 4. The SMILES string of the molecule is CCCN(CC(=O)NC)C(=O)c1cccc(OC)c1O. The lowest BCUT2D eigenvalue weighted by molar-refractivity contribution is -0.121. The van der Waals surface area contributed by atoms with Crippen molar-refractivity contribution < 1.29 is 19.4 Å². The second-order valence-corrected chi connectivity index (χ2v) is 4.26. The van der Waals surface area contributed by atoms with Gasteiger partial charge in [0.1, 0.15) is 0 Å². The number of phenols is 1. The van der Waals surface area contributed by atoms with E-state index >= 15 is 0 Å². The molecule has 2 amide bonds. The van der Waals surface area contributed by atoms with Crippen molar-refractivity contribution >= 4 is 11.8 Å². The molecule has 0 fully saturated rings. The zero-order chi connectivity index (χ0) is 15.1. The molecule has 2 N–H and O–H groups in total. The molecule has 0 bridgehead atoms. The Balaban J connectivity index is 3.03. The highest BCUT2D eigenvalue weighted by molar-refractivity contribution is 5.99. The Morgan fingerprint density at radius 2 is 2.10 bits per heavy atom. The van der Waals surface area contributed by atoms with Gasteiger partial charge in [-0.2, -0.15) is 0 Å². The summed E-state index contributed by atoms with van der Waals surface area (Å²) in [7, 11) is 2.93. The highest BCUT2D eigenvalue weighted by Gasteiger charge is 2.22. The maximum absolute atomic E-state index is 12.4. The normalized spacial score (nSPS) is 9.95. The van der Waals surface area contributed by atoms with Crippen molar-refractivity contribution in [1.82, 2.24) is 10.2 Å². The first-order valence-corrected chi connectivity index (χ1v) is 6.40. The van der Waals surface area contributed by atoms with E-state index in [0.717, 1.165) is 0 Å². The number of aromatic hydroxyl groups is 1. The minimum atomic E-state index is -0.396. The van der Waals surface area contributed by atoms with Gasteiger partial charge < -0.3 is 20.1 Å². The lowest BCUT2D eigenvalue weighted by atomic mass is 10.1. The Bertz CT molecular complexity index is 488. The predicted octanol–water partition coefficient (Wildman–Crippen LogP) is 0.999. The van der Waals surface area contributed by atoms with Gasteiger partial charge in [-0.1, -0.05) is 13.0 Å². The van der Waals surface area contributed by atoms with Crippen LogP contribution in [0.4, 0.5) is 0 Å². The number of nitrogens with zero attached hydrogens (tertiary/aromatic N) is 1. The van der Waals surface area contributed by atoms with Crippen LogP contribution >= 0.6 is 0 Å². The van der Waals surface area contributed by atoms with E-state index in [2.05, 4.69) is 5.32 Å². The summed E-state index contributed by atoms with van der Waals surface area (Å²) in [5.41, 5.74) is 0.127. The van der Waals surface area contributed by atoms with Gasteiger partial charge in [0.2, 0.25) is 5.91 Å². The van der Waals surface area contributed by atoms with Crippen LogP contribution in [0.25, 0.3) is 0 Å². The maximum atomic E-state index is 12.4. The van der Waals surface area contributed by atoms with Gasteiger partial charge in [-0.3, -0.25) is 9.59 Å². The fourth-order valence-electron chi connectivity index (χ4n) is 1.80. The van der Waals surface area contributed by atoms with E-state index in [1.54, 1.807) is 12.1 Å². The number of methoxy groups -OCH3 is 1. The number of ether oxygens (including phenoxy) is 1. The van der Waals surface area contributed by atoms with E-state index in [1.807, 2.05) is 6.92 Å². The van der Waals surface area contributed by atoms with Gasteiger partial charge in [0.15, 0.2) is 11.5 Å². The molecule has 0 aliphatic heterocycles. The minimum Gasteiger partial charge on any atom is -0.504 e. The second kappa shape index (κ2) is 7.37. The van der Waals surface area contributed by atoms with Gasteiger partial charge in [-0.05, 0) is 18.6 Å². The third-order valence-corrected chi connectivity index (χ3v) is 2.84. The van der Waals surface area contributed by atoms with Crippen LogP contribution in [0.3, 0.4) is 0 Å². The summed E-state index contributed by atoms with van der Waals surface area (Å²) in [6.45, 7) is 2.30. The average Bonchev–Trinajstić information content (AvgIpc) is 2.46. The standard InChI is InChI=1S/C14H20N2O4/c1-4-8-16(9-12(17)15-2)14(19)10-6-5-7-11(20-3)13(10)18/h5-7,18H,4,8-9H2,1-3H3,(H,15,17). The summed E-state index contributed by atoms with van der Waals surface area (Å²) in [5, 5.41) is 12.5. The Morgan fingerprint density at radius 1 is 1.40 bits per heavy atom. The molecule has 0 heterocycles. The molecule has 0 aliphatic rings. The summed E-state index contributed by atoms with van der Waals surface area (Å²) in [6, 6.07) is 4.69. The molecule has 0 spiro atoms. The van der Waals surface area contributed by atoms with Crippen LogP contribution in [-0.4, -0.2) is 49.1 Å². The number of phenolic OH excluding ortho intramolecular Hbond substituents is 1. The highest BCUT2D eigenvalue weighted by Crippen LogP contribution is 2.30. The molecule has 1 rings (SSSR count). The fourth-order valence-corrected chi connectivity index (χ4v) is 1.80. The summed E-state index contributed by atoms with van der Waals surface area (Å²) in [5.74, 6) is -0.633. The van der Waals surface area contributed by atoms with Crippen molar-refractivity contribution in [2.24, 2.45) is 0 Å². The molecule has 6 heteroatoms. The molecule has 0 saturated heterocycles. The highest BCUT2D eigenvalue weighted by atomic mass is 16.5. The Kier molecular flexibility index (Phi) is 5.83. The van der Waals surface area contributed by atoms with Gasteiger partial charge in [0.25, 0.3) is 5.91 Å². The maximum Gasteiger partial charge on any atom is 0.258 e. The third kappa shape index (κ3) is 3.63. The number of para-hydroxylation sites is 1. The smallest absolute Gasteiger partial charge is 0.258 e. The molecule has 0 atom stereocenters. The van der Waals surface area contributed by atoms with Crippen LogP contribution in [0.2, 0.25) is 0 Å². The van der Waals surface area contributed by atoms with E-state index in [4.69, 9.17) is 4.74 Å². The molecule has 0 unspecified atom stereocenters. The number of likely N-dealkylation sites (N-methyl/N-ethyl adjacent to an activating group) is 1. The fraction of sp³-hybridized carbons (Fsp3) is 0.429. The molecular formula is C14H20N2O4. The van der Waals surface area contributed by atoms with Crippen molar-refractivity contribution in [3.63, 3.8) is 0 Å². The molecule has 0 aliphatic carbocycles. The Hall–Kier alpha value is -2.24. The largest absolute Gasteiger partial charge is 0.504 e. The molecule has 110 valence electrons. The molecular weight excluding hydrogens is 260 g/mol. The van der Waals surface area contributed by atoms with E-state index in [1.165, 1.54) is 25.1 Å². The van der Waals surface area contributed by atoms with Gasteiger partial charge in [-0.15, -0.1) is 0 Å². The van der Waals surface area contributed by atoms with E-state index in [9.17, 15) is 14.7 Å². The molecule has 0 aromatic heterocycles. The molecule has 0 radical (unpaired) electrons.